The van der Waals surface area contributed by atoms with Crippen molar-refractivity contribution in [3.05, 3.63) is 18.0 Å². The zero-order valence-electron chi connectivity index (χ0n) is 8.81. The number of hydrogen-bond acceptors (Lipinski definition) is 4. The van der Waals surface area contributed by atoms with Crippen LogP contribution in [0.2, 0.25) is 0 Å². The minimum atomic E-state index is -0.880. The molecule has 0 atom stereocenters. The van der Waals surface area contributed by atoms with Gasteiger partial charge in [-0.2, -0.15) is 0 Å². The Kier molecular flexibility index (Phi) is 5.04. The number of nitrogens with one attached hydrogen (secondary N) is 1. The Morgan fingerprint density at radius 1 is 1.44 bits per heavy atom. The smallest absolute Gasteiger partial charge is 0.303 e. The molecular formula is C10H14N2O4. The maximum absolute atomic E-state index is 11.2. The number of carbonyl (C=O) groups is 2. The van der Waals surface area contributed by atoms with E-state index in [0.717, 1.165) is 0 Å². The average Bonchev–Trinajstić information content (AvgIpc) is 2.70. The molecule has 6 heteroatoms. The fourth-order valence-corrected chi connectivity index (χ4v) is 1.18. The molecule has 0 fully saturated rings. The summed E-state index contributed by atoms with van der Waals surface area (Å²) in [6.45, 7) is 0.473. The van der Waals surface area contributed by atoms with Crippen LogP contribution in [0.5, 0.6) is 0 Å². The molecular weight excluding hydrogens is 212 g/mol. The van der Waals surface area contributed by atoms with E-state index in [4.69, 9.17) is 9.63 Å². The second-order valence-electron chi connectivity index (χ2n) is 3.33. The normalized spacial score (nSPS) is 10.0. The fourth-order valence-electron chi connectivity index (χ4n) is 1.18. The molecule has 1 rings (SSSR count). The zero-order valence-corrected chi connectivity index (χ0v) is 8.81. The molecule has 0 radical (unpaired) electrons. The first kappa shape index (κ1) is 12.2. The van der Waals surface area contributed by atoms with Gasteiger partial charge in [0.2, 0.25) is 5.91 Å². The van der Waals surface area contributed by atoms with Gasteiger partial charge in [0.05, 0.1) is 6.20 Å². The van der Waals surface area contributed by atoms with Gasteiger partial charge in [-0.15, -0.1) is 0 Å². The SMILES string of the molecule is O=C(O)CCCC(=O)NCCc1ccno1. The average molecular weight is 226 g/mol. The van der Waals surface area contributed by atoms with Crippen LogP contribution in [-0.2, 0) is 16.0 Å². The maximum Gasteiger partial charge on any atom is 0.303 e. The summed E-state index contributed by atoms with van der Waals surface area (Å²) in [6.07, 6.45) is 2.76. The van der Waals surface area contributed by atoms with E-state index in [1.165, 1.54) is 0 Å². The number of hydrogen-bond donors (Lipinski definition) is 2. The van der Waals surface area contributed by atoms with E-state index in [2.05, 4.69) is 10.5 Å². The molecule has 0 aliphatic carbocycles. The van der Waals surface area contributed by atoms with Crippen molar-refractivity contribution < 1.29 is 19.2 Å². The van der Waals surface area contributed by atoms with Gasteiger partial charge in [0.25, 0.3) is 0 Å². The first-order valence-electron chi connectivity index (χ1n) is 5.06. The third kappa shape index (κ3) is 5.14. The van der Waals surface area contributed by atoms with Gasteiger partial charge < -0.3 is 14.9 Å². The molecule has 0 aromatic carbocycles. The van der Waals surface area contributed by atoms with Crippen molar-refractivity contribution in [2.24, 2.45) is 0 Å². The predicted molar refractivity (Wildman–Crippen MR) is 54.7 cm³/mol. The standard InChI is InChI=1S/C10H14N2O4/c13-9(2-1-3-10(14)15)11-6-4-8-5-7-12-16-8/h5,7H,1-4,6H2,(H,11,13)(H,14,15). The highest BCUT2D eigenvalue weighted by Crippen LogP contribution is 1.97. The van der Waals surface area contributed by atoms with Crippen LogP contribution in [-0.4, -0.2) is 28.7 Å². The molecule has 1 heterocycles. The van der Waals surface area contributed by atoms with Gasteiger partial charge in [0, 0.05) is 31.9 Å². The molecule has 0 aliphatic rings. The summed E-state index contributed by atoms with van der Waals surface area (Å²) in [7, 11) is 0. The summed E-state index contributed by atoms with van der Waals surface area (Å²) in [4.78, 5) is 21.4. The summed E-state index contributed by atoms with van der Waals surface area (Å²) in [5, 5.41) is 14.6. The van der Waals surface area contributed by atoms with Crippen LogP contribution in [0.4, 0.5) is 0 Å². The van der Waals surface area contributed by atoms with Gasteiger partial charge in [0.15, 0.2) is 0 Å². The van der Waals surface area contributed by atoms with E-state index in [1.807, 2.05) is 0 Å². The quantitative estimate of drug-likeness (QED) is 0.709. The molecule has 2 N–H and O–H groups in total. The predicted octanol–water partition coefficient (Wildman–Crippen LogP) is 0.588. The molecule has 1 amide bonds. The van der Waals surface area contributed by atoms with E-state index in [0.29, 0.717) is 25.1 Å². The van der Waals surface area contributed by atoms with Crippen molar-refractivity contribution in [2.75, 3.05) is 6.54 Å². The van der Waals surface area contributed by atoms with Crippen LogP contribution in [0.25, 0.3) is 0 Å². The Hall–Kier alpha value is -1.85. The van der Waals surface area contributed by atoms with Crippen molar-refractivity contribution in [2.45, 2.75) is 25.7 Å². The van der Waals surface area contributed by atoms with Crippen molar-refractivity contribution in [1.29, 1.82) is 0 Å². The van der Waals surface area contributed by atoms with E-state index >= 15 is 0 Å². The molecule has 0 spiro atoms. The van der Waals surface area contributed by atoms with Crippen LogP contribution in [0.3, 0.4) is 0 Å². The van der Waals surface area contributed by atoms with E-state index in [-0.39, 0.29) is 18.7 Å². The Labute approximate surface area is 92.6 Å². The Morgan fingerprint density at radius 2 is 2.25 bits per heavy atom. The molecule has 0 aliphatic heterocycles. The first-order chi connectivity index (χ1) is 7.68. The van der Waals surface area contributed by atoms with Gasteiger partial charge in [0.1, 0.15) is 5.76 Å². The number of nitrogens with zero attached hydrogens (tertiary/aromatic N) is 1. The molecule has 1 aromatic rings. The number of amides is 1. The molecule has 0 saturated heterocycles. The largest absolute Gasteiger partial charge is 0.481 e. The monoisotopic (exact) mass is 226 g/mol. The highest BCUT2D eigenvalue weighted by molar-refractivity contribution is 5.76. The lowest BCUT2D eigenvalue weighted by molar-refractivity contribution is -0.137. The topological polar surface area (TPSA) is 92.4 Å². The summed E-state index contributed by atoms with van der Waals surface area (Å²) >= 11 is 0. The van der Waals surface area contributed by atoms with Crippen LogP contribution < -0.4 is 5.32 Å². The molecule has 0 unspecified atom stereocenters. The van der Waals surface area contributed by atoms with Crippen LogP contribution in [0, 0.1) is 0 Å². The number of aromatic nitrogens is 1. The number of rotatable bonds is 7. The Bertz CT molecular complexity index is 335. The van der Waals surface area contributed by atoms with Gasteiger partial charge in [-0.05, 0) is 6.42 Å². The second kappa shape index (κ2) is 6.60. The van der Waals surface area contributed by atoms with Crippen molar-refractivity contribution in [3.63, 3.8) is 0 Å². The van der Waals surface area contributed by atoms with Crippen molar-refractivity contribution in [1.82, 2.24) is 10.5 Å². The minimum absolute atomic E-state index is 0.0233. The Morgan fingerprint density at radius 3 is 2.88 bits per heavy atom. The van der Waals surface area contributed by atoms with E-state index in [1.54, 1.807) is 12.3 Å². The molecule has 88 valence electrons. The van der Waals surface area contributed by atoms with Gasteiger partial charge in [-0.25, -0.2) is 0 Å². The molecule has 0 bridgehead atoms. The Balaban J connectivity index is 2.04. The third-order valence-corrected chi connectivity index (χ3v) is 1.98. The van der Waals surface area contributed by atoms with Gasteiger partial charge >= 0.3 is 5.97 Å². The molecule has 16 heavy (non-hydrogen) atoms. The van der Waals surface area contributed by atoms with E-state index in [9.17, 15) is 9.59 Å². The van der Waals surface area contributed by atoms with Crippen LogP contribution in [0.1, 0.15) is 25.0 Å². The fraction of sp³-hybridized carbons (Fsp3) is 0.500. The van der Waals surface area contributed by atoms with Gasteiger partial charge in [-0.1, -0.05) is 5.16 Å². The highest BCUT2D eigenvalue weighted by atomic mass is 16.5. The number of carboxylic acids is 1. The third-order valence-electron chi connectivity index (χ3n) is 1.98. The van der Waals surface area contributed by atoms with Crippen LogP contribution >= 0.6 is 0 Å². The summed E-state index contributed by atoms with van der Waals surface area (Å²) in [6, 6.07) is 1.73. The number of aliphatic carboxylic acids is 1. The molecule has 6 nitrogen and oxygen atoms in total. The lowest BCUT2D eigenvalue weighted by atomic mass is 10.2. The first-order valence-corrected chi connectivity index (χ1v) is 5.06. The van der Waals surface area contributed by atoms with Crippen LogP contribution in [0.15, 0.2) is 16.8 Å². The number of carboxylic acid groups (broad SMARTS) is 1. The lowest BCUT2D eigenvalue weighted by Crippen LogP contribution is -2.25. The minimum Gasteiger partial charge on any atom is -0.481 e. The maximum atomic E-state index is 11.2. The lowest BCUT2D eigenvalue weighted by Gasteiger charge is -2.02. The van der Waals surface area contributed by atoms with Crippen molar-refractivity contribution in [3.8, 4) is 0 Å². The molecule has 0 saturated carbocycles. The molecule has 1 aromatic heterocycles. The highest BCUT2D eigenvalue weighted by Gasteiger charge is 2.04. The van der Waals surface area contributed by atoms with E-state index < -0.39 is 5.97 Å². The summed E-state index contributed by atoms with van der Waals surface area (Å²) in [5.41, 5.74) is 0. The second-order valence-corrected chi connectivity index (χ2v) is 3.33. The number of carbonyl (C=O) groups excluding carboxylic acids is 1. The van der Waals surface area contributed by atoms with Gasteiger partial charge in [-0.3, -0.25) is 9.59 Å². The summed E-state index contributed by atoms with van der Waals surface area (Å²) in [5.74, 6) is -0.305. The zero-order chi connectivity index (χ0) is 11.8. The van der Waals surface area contributed by atoms with Crippen molar-refractivity contribution >= 4 is 11.9 Å². The summed E-state index contributed by atoms with van der Waals surface area (Å²) < 4.78 is 4.85.